The maximum absolute atomic E-state index is 12.7. The van der Waals surface area contributed by atoms with E-state index in [2.05, 4.69) is 10.3 Å². The first-order valence-electron chi connectivity index (χ1n) is 9.10. The Kier molecular flexibility index (Phi) is 5.68. The van der Waals surface area contributed by atoms with Gasteiger partial charge in [-0.1, -0.05) is 30.3 Å². The van der Waals surface area contributed by atoms with Crippen LogP contribution in [0.3, 0.4) is 0 Å². The first-order chi connectivity index (χ1) is 13.8. The smallest absolute Gasteiger partial charge is 0.296 e. The fourth-order valence-electron chi connectivity index (χ4n) is 2.95. The summed E-state index contributed by atoms with van der Waals surface area (Å²) in [6.45, 7) is 4.26. The van der Waals surface area contributed by atoms with Gasteiger partial charge in [0.2, 0.25) is 5.75 Å². The molecule has 3 aromatic rings. The van der Waals surface area contributed by atoms with Crippen LogP contribution in [0, 0.1) is 13.8 Å². The Morgan fingerprint density at radius 2 is 1.93 bits per heavy atom. The summed E-state index contributed by atoms with van der Waals surface area (Å²) in [7, 11) is 3.02. The van der Waals surface area contributed by atoms with E-state index in [1.54, 1.807) is 24.3 Å². The molecular formula is C22H23N3O4. The molecule has 0 saturated carbocycles. The number of methoxy groups -OCH3 is 1. The zero-order valence-electron chi connectivity index (χ0n) is 16.8. The number of hydrogen-bond donors (Lipinski definition) is 2. The zero-order valence-corrected chi connectivity index (χ0v) is 16.8. The van der Waals surface area contributed by atoms with E-state index in [-0.39, 0.29) is 18.1 Å². The molecule has 7 heteroatoms. The standard InChI is InChI=1S/C22H23N3O4/c1-13-8-9-15(10-14(13)2)12-23-21(27)18-19(26)22(28)25(3)20(24-18)16-6-5-7-17(11-16)29-4/h5-11,26H,12H2,1-4H3,(H,23,27). The molecule has 150 valence electrons. The van der Waals surface area contributed by atoms with Crippen molar-refractivity contribution in [2.75, 3.05) is 7.11 Å². The number of aryl methyl sites for hydroxylation is 2. The molecule has 29 heavy (non-hydrogen) atoms. The highest BCUT2D eigenvalue weighted by Gasteiger charge is 2.21. The number of carbonyl (C=O) groups is 1. The first kappa shape index (κ1) is 20.1. The van der Waals surface area contributed by atoms with Crippen LogP contribution in [0.2, 0.25) is 0 Å². The fourth-order valence-corrected chi connectivity index (χ4v) is 2.95. The minimum Gasteiger partial charge on any atom is -0.501 e. The molecule has 7 nitrogen and oxygen atoms in total. The molecule has 1 amide bonds. The number of benzene rings is 2. The lowest BCUT2D eigenvalue weighted by Crippen LogP contribution is -2.29. The van der Waals surface area contributed by atoms with Crippen molar-refractivity contribution in [1.29, 1.82) is 0 Å². The minimum atomic E-state index is -0.700. The van der Waals surface area contributed by atoms with Gasteiger partial charge in [0.05, 0.1) is 7.11 Å². The van der Waals surface area contributed by atoms with Gasteiger partial charge in [0, 0.05) is 19.2 Å². The van der Waals surface area contributed by atoms with Gasteiger partial charge in [-0.05, 0) is 42.7 Å². The second kappa shape index (κ2) is 8.18. The molecule has 0 radical (unpaired) electrons. The van der Waals surface area contributed by atoms with E-state index in [9.17, 15) is 14.7 Å². The molecule has 0 spiro atoms. The Morgan fingerprint density at radius 3 is 2.62 bits per heavy atom. The third-order valence-corrected chi connectivity index (χ3v) is 4.83. The van der Waals surface area contributed by atoms with Crippen LogP contribution >= 0.6 is 0 Å². The summed E-state index contributed by atoms with van der Waals surface area (Å²) in [6, 6.07) is 12.8. The van der Waals surface area contributed by atoms with Crippen LogP contribution in [-0.4, -0.2) is 27.7 Å². The summed E-state index contributed by atoms with van der Waals surface area (Å²) in [6.07, 6.45) is 0. The molecule has 0 bridgehead atoms. The van der Waals surface area contributed by atoms with Crippen LogP contribution in [0.5, 0.6) is 11.5 Å². The number of carbonyl (C=O) groups excluding carboxylic acids is 1. The van der Waals surface area contributed by atoms with Crippen LogP contribution in [0.25, 0.3) is 11.4 Å². The second-order valence-corrected chi connectivity index (χ2v) is 6.83. The topological polar surface area (TPSA) is 93.5 Å². The Labute approximate surface area is 168 Å². The average molecular weight is 393 g/mol. The Hall–Kier alpha value is -3.61. The van der Waals surface area contributed by atoms with Crippen molar-refractivity contribution < 1.29 is 14.6 Å². The molecule has 0 aliphatic heterocycles. The van der Waals surface area contributed by atoms with E-state index in [0.717, 1.165) is 16.7 Å². The highest BCUT2D eigenvalue weighted by atomic mass is 16.5. The first-order valence-corrected chi connectivity index (χ1v) is 9.10. The third-order valence-electron chi connectivity index (χ3n) is 4.83. The average Bonchev–Trinajstić information content (AvgIpc) is 2.73. The number of rotatable bonds is 5. The largest absolute Gasteiger partial charge is 0.501 e. The van der Waals surface area contributed by atoms with Gasteiger partial charge >= 0.3 is 0 Å². The summed E-state index contributed by atoms with van der Waals surface area (Å²) in [5.74, 6) is -0.465. The lowest BCUT2D eigenvalue weighted by atomic mass is 10.1. The summed E-state index contributed by atoms with van der Waals surface area (Å²) in [5.41, 5.74) is 2.77. The number of nitrogens with zero attached hydrogens (tertiary/aromatic N) is 2. The van der Waals surface area contributed by atoms with Gasteiger partial charge in [0.1, 0.15) is 11.6 Å². The van der Waals surface area contributed by atoms with Crippen LogP contribution in [0.4, 0.5) is 0 Å². The predicted octanol–water partition coefficient (Wildman–Crippen LogP) is 2.71. The van der Waals surface area contributed by atoms with Gasteiger partial charge in [-0.2, -0.15) is 0 Å². The van der Waals surface area contributed by atoms with E-state index in [1.807, 2.05) is 32.0 Å². The molecule has 1 heterocycles. The van der Waals surface area contributed by atoms with E-state index in [0.29, 0.717) is 11.3 Å². The Bertz CT molecular complexity index is 1140. The normalized spacial score (nSPS) is 10.6. The fraction of sp³-hybridized carbons (Fsp3) is 0.227. The number of hydrogen-bond acceptors (Lipinski definition) is 5. The van der Waals surface area contributed by atoms with E-state index >= 15 is 0 Å². The maximum atomic E-state index is 12.7. The summed E-state index contributed by atoms with van der Waals surface area (Å²) < 4.78 is 6.41. The third kappa shape index (κ3) is 4.13. The Morgan fingerprint density at radius 1 is 1.17 bits per heavy atom. The number of aromatic nitrogens is 2. The molecular weight excluding hydrogens is 370 g/mol. The molecule has 0 aliphatic carbocycles. The van der Waals surface area contributed by atoms with E-state index in [4.69, 9.17) is 4.74 Å². The van der Waals surface area contributed by atoms with Crippen molar-refractivity contribution >= 4 is 5.91 Å². The van der Waals surface area contributed by atoms with Crippen molar-refractivity contribution in [3.63, 3.8) is 0 Å². The molecule has 0 fully saturated rings. The van der Waals surface area contributed by atoms with Gasteiger partial charge in [-0.3, -0.25) is 14.2 Å². The molecule has 0 saturated heterocycles. The highest BCUT2D eigenvalue weighted by molar-refractivity contribution is 5.95. The molecule has 2 aromatic carbocycles. The van der Waals surface area contributed by atoms with Gasteiger partial charge < -0.3 is 15.2 Å². The SMILES string of the molecule is COc1cccc(-c2nc(C(=O)NCc3ccc(C)c(C)c3)c(O)c(=O)n2C)c1. The number of amides is 1. The van der Waals surface area contributed by atoms with Crippen molar-refractivity contribution in [1.82, 2.24) is 14.9 Å². The van der Waals surface area contributed by atoms with Crippen LogP contribution < -0.4 is 15.6 Å². The minimum absolute atomic E-state index is 0.253. The van der Waals surface area contributed by atoms with Crippen molar-refractivity contribution in [3.05, 3.63) is 75.2 Å². The number of aromatic hydroxyl groups is 1. The molecule has 2 N–H and O–H groups in total. The number of nitrogens with one attached hydrogen (secondary N) is 1. The van der Waals surface area contributed by atoms with Crippen LogP contribution in [-0.2, 0) is 13.6 Å². The van der Waals surface area contributed by atoms with Gasteiger partial charge in [-0.25, -0.2) is 4.98 Å². The lowest BCUT2D eigenvalue weighted by molar-refractivity contribution is 0.0942. The van der Waals surface area contributed by atoms with E-state index < -0.39 is 17.2 Å². The molecule has 0 aliphatic rings. The maximum Gasteiger partial charge on any atom is 0.296 e. The monoisotopic (exact) mass is 393 g/mol. The van der Waals surface area contributed by atoms with Crippen molar-refractivity contribution in [2.45, 2.75) is 20.4 Å². The van der Waals surface area contributed by atoms with Gasteiger partial charge in [0.15, 0.2) is 5.69 Å². The molecule has 0 atom stereocenters. The Balaban J connectivity index is 1.94. The van der Waals surface area contributed by atoms with Gasteiger partial charge in [-0.15, -0.1) is 0 Å². The summed E-state index contributed by atoms with van der Waals surface area (Å²) in [5, 5.41) is 12.9. The van der Waals surface area contributed by atoms with Gasteiger partial charge in [0.25, 0.3) is 11.5 Å². The second-order valence-electron chi connectivity index (χ2n) is 6.83. The zero-order chi connectivity index (χ0) is 21.1. The molecule has 3 rings (SSSR count). The summed E-state index contributed by atoms with van der Waals surface area (Å²) >= 11 is 0. The summed E-state index contributed by atoms with van der Waals surface area (Å²) in [4.78, 5) is 29.4. The molecule has 1 aromatic heterocycles. The predicted molar refractivity (Wildman–Crippen MR) is 110 cm³/mol. The van der Waals surface area contributed by atoms with Crippen molar-refractivity contribution in [3.8, 4) is 22.9 Å². The highest BCUT2D eigenvalue weighted by Crippen LogP contribution is 2.23. The molecule has 0 unspecified atom stereocenters. The quantitative estimate of drug-likeness (QED) is 0.695. The lowest BCUT2D eigenvalue weighted by Gasteiger charge is -2.13. The van der Waals surface area contributed by atoms with E-state index in [1.165, 1.54) is 18.7 Å². The van der Waals surface area contributed by atoms with Crippen LogP contribution in [0.1, 0.15) is 27.2 Å². The number of ether oxygens (including phenoxy) is 1. The van der Waals surface area contributed by atoms with Crippen LogP contribution in [0.15, 0.2) is 47.3 Å². The van der Waals surface area contributed by atoms with Crippen molar-refractivity contribution in [2.24, 2.45) is 7.05 Å².